The van der Waals surface area contributed by atoms with E-state index in [4.69, 9.17) is 10.4 Å². The van der Waals surface area contributed by atoms with Gasteiger partial charge in [0.1, 0.15) is 16.4 Å². The molecule has 0 aliphatic carbocycles. The van der Waals surface area contributed by atoms with Crippen LogP contribution in [-0.4, -0.2) is 10.1 Å². The van der Waals surface area contributed by atoms with Gasteiger partial charge in [-0.05, 0) is 27.6 Å². The van der Waals surface area contributed by atoms with E-state index in [1.807, 2.05) is 0 Å². The molecule has 0 saturated heterocycles. The number of aromatic nitrogens is 1. The van der Waals surface area contributed by atoms with Gasteiger partial charge in [-0.2, -0.15) is 5.26 Å². The SMILES string of the molecule is N#Cc1cc(CO)c(C(F)F)c(Br)n1. The van der Waals surface area contributed by atoms with Crippen molar-refractivity contribution in [3.05, 3.63) is 27.5 Å². The second-order valence-electron chi connectivity index (χ2n) is 2.44. The fourth-order valence-corrected chi connectivity index (χ4v) is 1.61. The maximum atomic E-state index is 12.4. The van der Waals surface area contributed by atoms with E-state index in [1.165, 1.54) is 0 Å². The average molecular weight is 263 g/mol. The predicted molar refractivity (Wildman–Crippen MR) is 47.5 cm³/mol. The molecule has 6 heteroatoms. The molecule has 0 radical (unpaired) electrons. The molecule has 0 atom stereocenters. The van der Waals surface area contributed by atoms with E-state index in [1.54, 1.807) is 6.07 Å². The van der Waals surface area contributed by atoms with Crippen LogP contribution in [0, 0.1) is 11.3 Å². The van der Waals surface area contributed by atoms with Crippen molar-refractivity contribution in [1.82, 2.24) is 4.98 Å². The molecule has 1 N–H and O–H groups in total. The fourth-order valence-electron chi connectivity index (χ4n) is 0.992. The first kappa shape index (κ1) is 11.0. The van der Waals surface area contributed by atoms with Gasteiger partial charge in [-0.15, -0.1) is 0 Å². The van der Waals surface area contributed by atoms with Crippen LogP contribution in [0.1, 0.15) is 23.2 Å². The summed E-state index contributed by atoms with van der Waals surface area (Å²) in [7, 11) is 0. The van der Waals surface area contributed by atoms with Gasteiger partial charge in [0.2, 0.25) is 0 Å². The summed E-state index contributed by atoms with van der Waals surface area (Å²) >= 11 is 2.83. The number of nitriles is 1. The lowest BCUT2D eigenvalue weighted by atomic mass is 10.1. The monoisotopic (exact) mass is 262 g/mol. The Kier molecular flexibility index (Phi) is 3.49. The molecule has 0 amide bonds. The van der Waals surface area contributed by atoms with Crippen molar-refractivity contribution < 1.29 is 13.9 Å². The number of aliphatic hydroxyl groups excluding tert-OH is 1. The van der Waals surface area contributed by atoms with Crippen molar-refractivity contribution in [3.8, 4) is 6.07 Å². The molecule has 0 fully saturated rings. The van der Waals surface area contributed by atoms with Gasteiger partial charge in [-0.3, -0.25) is 0 Å². The zero-order valence-corrected chi connectivity index (χ0v) is 8.42. The molecule has 3 nitrogen and oxygen atoms in total. The minimum Gasteiger partial charge on any atom is -0.392 e. The zero-order valence-electron chi connectivity index (χ0n) is 6.84. The molecule has 74 valence electrons. The van der Waals surface area contributed by atoms with E-state index in [0.717, 1.165) is 6.07 Å². The van der Waals surface area contributed by atoms with Crippen molar-refractivity contribution in [2.75, 3.05) is 0 Å². The highest BCUT2D eigenvalue weighted by Crippen LogP contribution is 2.29. The second-order valence-corrected chi connectivity index (χ2v) is 3.19. The fraction of sp³-hybridized carbons (Fsp3) is 0.250. The van der Waals surface area contributed by atoms with Gasteiger partial charge in [0.15, 0.2) is 0 Å². The van der Waals surface area contributed by atoms with Crippen LogP contribution in [0.2, 0.25) is 0 Å². The summed E-state index contributed by atoms with van der Waals surface area (Å²) in [5.74, 6) is 0. The third-order valence-electron chi connectivity index (χ3n) is 1.60. The molecular weight excluding hydrogens is 258 g/mol. The first-order valence-corrected chi connectivity index (χ1v) is 4.38. The van der Waals surface area contributed by atoms with Crippen LogP contribution >= 0.6 is 15.9 Å². The van der Waals surface area contributed by atoms with E-state index >= 15 is 0 Å². The Morgan fingerprint density at radius 1 is 1.64 bits per heavy atom. The number of rotatable bonds is 2. The Balaban J connectivity index is 3.36. The number of pyridine rings is 1. The quantitative estimate of drug-likeness (QED) is 0.831. The lowest BCUT2D eigenvalue weighted by Crippen LogP contribution is -2.00. The zero-order chi connectivity index (χ0) is 10.7. The minimum atomic E-state index is -2.73. The van der Waals surface area contributed by atoms with E-state index < -0.39 is 13.0 Å². The highest BCUT2D eigenvalue weighted by Gasteiger charge is 2.18. The summed E-state index contributed by atoms with van der Waals surface area (Å²) in [6, 6.07) is 2.86. The number of nitrogens with zero attached hydrogens (tertiary/aromatic N) is 2. The van der Waals surface area contributed by atoms with Crippen molar-refractivity contribution in [2.24, 2.45) is 0 Å². The average Bonchev–Trinajstić information content (AvgIpc) is 2.15. The van der Waals surface area contributed by atoms with Crippen LogP contribution in [0.25, 0.3) is 0 Å². The molecular formula is C8H5BrF2N2O. The summed E-state index contributed by atoms with van der Waals surface area (Å²) in [5.41, 5.74) is -0.366. The summed E-state index contributed by atoms with van der Waals surface area (Å²) in [5, 5.41) is 17.3. The first-order valence-electron chi connectivity index (χ1n) is 3.58. The van der Waals surface area contributed by atoms with E-state index in [9.17, 15) is 8.78 Å². The minimum absolute atomic E-state index is 0.00896. The maximum Gasteiger partial charge on any atom is 0.266 e. The first-order chi connectivity index (χ1) is 6.60. The molecule has 0 aliphatic heterocycles. The molecule has 0 spiro atoms. The Labute approximate surface area is 87.1 Å². The van der Waals surface area contributed by atoms with Gasteiger partial charge < -0.3 is 5.11 Å². The molecule has 1 rings (SSSR count). The van der Waals surface area contributed by atoms with Crippen LogP contribution in [-0.2, 0) is 6.61 Å². The molecule has 0 unspecified atom stereocenters. The van der Waals surface area contributed by atoms with Crippen molar-refractivity contribution in [3.63, 3.8) is 0 Å². The number of hydrogen-bond acceptors (Lipinski definition) is 3. The number of aliphatic hydroxyl groups is 1. The molecule has 0 aromatic carbocycles. The van der Waals surface area contributed by atoms with Crippen LogP contribution in [0.3, 0.4) is 0 Å². The van der Waals surface area contributed by atoms with Crippen molar-refractivity contribution in [1.29, 1.82) is 5.26 Å². The molecule has 0 saturated carbocycles. The lowest BCUT2D eigenvalue weighted by Gasteiger charge is -2.08. The maximum absolute atomic E-state index is 12.4. The Hall–Kier alpha value is -1.06. The number of alkyl halides is 2. The molecule has 1 heterocycles. The normalized spacial score (nSPS) is 10.3. The Morgan fingerprint density at radius 3 is 2.71 bits per heavy atom. The standard InChI is InChI=1S/C8H5BrF2N2O/c9-7-6(8(10)11)4(3-14)1-5(2-12)13-7/h1,8,14H,3H2. The molecule has 0 bridgehead atoms. The third kappa shape index (κ3) is 2.05. The van der Waals surface area contributed by atoms with E-state index in [2.05, 4.69) is 20.9 Å². The summed E-state index contributed by atoms with van der Waals surface area (Å²) in [4.78, 5) is 3.59. The van der Waals surface area contributed by atoms with Crippen LogP contribution in [0.5, 0.6) is 0 Å². The van der Waals surface area contributed by atoms with Gasteiger partial charge in [0, 0.05) is 0 Å². The van der Waals surface area contributed by atoms with Gasteiger partial charge >= 0.3 is 0 Å². The number of hydrogen-bond donors (Lipinski definition) is 1. The summed E-state index contributed by atoms with van der Waals surface area (Å²) in [6.07, 6.45) is -2.73. The predicted octanol–water partition coefficient (Wildman–Crippen LogP) is 2.15. The third-order valence-corrected chi connectivity index (χ3v) is 2.21. The van der Waals surface area contributed by atoms with Crippen molar-refractivity contribution >= 4 is 15.9 Å². The smallest absolute Gasteiger partial charge is 0.266 e. The Bertz CT molecular complexity index is 390. The summed E-state index contributed by atoms with van der Waals surface area (Å²) in [6.45, 7) is -0.546. The molecule has 1 aromatic rings. The molecule has 1 aromatic heterocycles. The van der Waals surface area contributed by atoms with Crippen LogP contribution in [0.4, 0.5) is 8.78 Å². The van der Waals surface area contributed by atoms with Gasteiger partial charge in [0.25, 0.3) is 6.43 Å². The lowest BCUT2D eigenvalue weighted by molar-refractivity contribution is 0.145. The van der Waals surface area contributed by atoms with Crippen LogP contribution < -0.4 is 0 Å². The van der Waals surface area contributed by atoms with Gasteiger partial charge in [-0.25, -0.2) is 13.8 Å². The second kappa shape index (κ2) is 4.44. The van der Waals surface area contributed by atoms with Crippen LogP contribution in [0.15, 0.2) is 10.7 Å². The summed E-state index contributed by atoms with van der Waals surface area (Å²) < 4.78 is 24.8. The topological polar surface area (TPSA) is 56.9 Å². The van der Waals surface area contributed by atoms with Crippen molar-refractivity contribution in [2.45, 2.75) is 13.0 Å². The van der Waals surface area contributed by atoms with Gasteiger partial charge in [0.05, 0.1) is 12.2 Å². The van der Waals surface area contributed by atoms with E-state index in [-0.39, 0.29) is 21.4 Å². The highest BCUT2D eigenvalue weighted by molar-refractivity contribution is 9.10. The van der Waals surface area contributed by atoms with Gasteiger partial charge in [-0.1, -0.05) is 0 Å². The van der Waals surface area contributed by atoms with E-state index in [0.29, 0.717) is 0 Å². The molecule has 14 heavy (non-hydrogen) atoms. The largest absolute Gasteiger partial charge is 0.392 e. The highest BCUT2D eigenvalue weighted by atomic mass is 79.9. The number of halogens is 3. The molecule has 0 aliphatic rings. The Morgan fingerprint density at radius 2 is 2.29 bits per heavy atom.